The van der Waals surface area contributed by atoms with E-state index < -0.39 is 0 Å². The van der Waals surface area contributed by atoms with Gasteiger partial charge in [-0.3, -0.25) is 9.88 Å². The van der Waals surface area contributed by atoms with Crippen molar-refractivity contribution < 1.29 is 0 Å². The van der Waals surface area contributed by atoms with Crippen LogP contribution in [0, 0.1) is 0 Å². The van der Waals surface area contributed by atoms with E-state index in [0.717, 1.165) is 23.1 Å². The third-order valence-corrected chi connectivity index (χ3v) is 3.86. The van der Waals surface area contributed by atoms with E-state index in [1.54, 1.807) is 11.3 Å². The highest BCUT2D eigenvalue weighted by Crippen LogP contribution is 2.20. The standard InChI is InChI=1S/C13H18N4S/c1-10(12-6-4-5-7-15-12)17(3)8-11-9-18-13(14-2)16-11/h4-7,9-10H,8H2,1-3H3,(H,14,16)/t10-/m1/s1. The van der Waals surface area contributed by atoms with Crippen LogP contribution in [-0.2, 0) is 6.54 Å². The average molecular weight is 262 g/mol. The summed E-state index contributed by atoms with van der Waals surface area (Å²) in [5.41, 5.74) is 2.18. The molecule has 0 aliphatic carbocycles. The monoisotopic (exact) mass is 262 g/mol. The van der Waals surface area contributed by atoms with Gasteiger partial charge in [-0.1, -0.05) is 6.07 Å². The lowest BCUT2D eigenvalue weighted by molar-refractivity contribution is 0.246. The van der Waals surface area contributed by atoms with Gasteiger partial charge in [0.15, 0.2) is 5.13 Å². The zero-order valence-electron chi connectivity index (χ0n) is 10.9. The fraction of sp³-hybridized carbons (Fsp3) is 0.385. The Labute approximate surface area is 112 Å². The molecule has 1 N–H and O–H groups in total. The second-order valence-electron chi connectivity index (χ2n) is 4.24. The Kier molecular flexibility index (Phi) is 4.28. The van der Waals surface area contributed by atoms with Crippen molar-refractivity contribution in [2.75, 3.05) is 19.4 Å². The predicted molar refractivity (Wildman–Crippen MR) is 75.8 cm³/mol. The summed E-state index contributed by atoms with van der Waals surface area (Å²) >= 11 is 1.63. The number of nitrogens with zero attached hydrogens (tertiary/aromatic N) is 3. The van der Waals surface area contributed by atoms with Gasteiger partial charge >= 0.3 is 0 Å². The van der Waals surface area contributed by atoms with Crippen molar-refractivity contribution in [3.8, 4) is 0 Å². The van der Waals surface area contributed by atoms with E-state index in [0.29, 0.717) is 0 Å². The first-order chi connectivity index (χ1) is 8.70. The molecule has 2 heterocycles. The lowest BCUT2D eigenvalue weighted by Crippen LogP contribution is -2.22. The van der Waals surface area contributed by atoms with Crippen LogP contribution in [-0.4, -0.2) is 29.0 Å². The fourth-order valence-electron chi connectivity index (χ4n) is 1.74. The van der Waals surface area contributed by atoms with Crippen LogP contribution in [0.15, 0.2) is 29.8 Å². The van der Waals surface area contributed by atoms with E-state index in [1.807, 2.05) is 25.4 Å². The van der Waals surface area contributed by atoms with Crippen LogP contribution in [0.1, 0.15) is 24.4 Å². The highest BCUT2D eigenvalue weighted by Gasteiger charge is 2.14. The second kappa shape index (κ2) is 5.93. The van der Waals surface area contributed by atoms with Crippen molar-refractivity contribution in [1.29, 1.82) is 0 Å². The molecule has 4 nitrogen and oxygen atoms in total. The molecule has 0 fully saturated rings. The Hall–Kier alpha value is -1.46. The molecule has 0 bridgehead atoms. The number of nitrogens with one attached hydrogen (secondary N) is 1. The summed E-state index contributed by atoms with van der Waals surface area (Å²) in [6.07, 6.45) is 1.83. The van der Waals surface area contributed by atoms with E-state index in [1.165, 1.54) is 0 Å². The van der Waals surface area contributed by atoms with Crippen LogP contribution in [0.25, 0.3) is 0 Å². The molecule has 2 rings (SSSR count). The van der Waals surface area contributed by atoms with Crippen molar-refractivity contribution in [2.45, 2.75) is 19.5 Å². The molecule has 2 aromatic heterocycles. The number of hydrogen-bond acceptors (Lipinski definition) is 5. The molecule has 1 atom stereocenters. The van der Waals surface area contributed by atoms with Gasteiger partial charge in [-0.15, -0.1) is 11.3 Å². The van der Waals surface area contributed by atoms with Crippen LogP contribution in [0.5, 0.6) is 0 Å². The fourth-order valence-corrected chi connectivity index (χ4v) is 2.40. The topological polar surface area (TPSA) is 41.1 Å². The van der Waals surface area contributed by atoms with Crippen LogP contribution < -0.4 is 5.32 Å². The molecular formula is C13H18N4S. The Balaban J connectivity index is 2.01. The van der Waals surface area contributed by atoms with Gasteiger partial charge in [0.1, 0.15) is 0 Å². The molecule has 96 valence electrons. The summed E-state index contributed by atoms with van der Waals surface area (Å²) in [6.45, 7) is 2.99. The van der Waals surface area contributed by atoms with Crippen molar-refractivity contribution in [3.05, 3.63) is 41.2 Å². The van der Waals surface area contributed by atoms with Crippen LogP contribution in [0.4, 0.5) is 5.13 Å². The number of thiazole rings is 1. The summed E-state index contributed by atoms with van der Waals surface area (Å²) in [4.78, 5) is 11.1. The third-order valence-electron chi connectivity index (χ3n) is 2.95. The van der Waals surface area contributed by atoms with Gasteiger partial charge in [0, 0.05) is 31.2 Å². The first-order valence-electron chi connectivity index (χ1n) is 5.94. The minimum Gasteiger partial charge on any atom is -0.365 e. The Morgan fingerprint density at radius 3 is 2.89 bits per heavy atom. The number of pyridine rings is 1. The first kappa shape index (κ1) is 13.0. The molecule has 18 heavy (non-hydrogen) atoms. The van der Waals surface area contributed by atoms with Crippen LogP contribution >= 0.6 is 11.3 Å². The largest absolute Gasteiger partial charge is 0.365 e. The average Bonchev–Trinajstić information content (AvgIpc) is 2.86. The van der Waals surface area contributed by atoms with Gasteiger partial charge in [-0.2, -0.15) is 0 Å². The molecule has 0 radical (unpaired) electrons. The zero-order chi connectivity index (χ0) is 13.0. The Morgan fingerprint density at radius 2 is 2.28 bits per heavy atom. The normalized spacial score (nSPS) is 12.7. The highest BCUT2D eigenvalue weighted by atomic mass is 32.1. The predicted octanol–water partition coefficient (Wildman–Crippen LogP) is 2.77. The maximum absolute atomic E-state index is 4.49. The lowest BCUT2D eigenvalue weighted by Gasteiger charge is -2.23. The molecule has 5 heteroatoms. The van der Waals surface area contributed by atoms with E-state index >= 15 is 0 Å². The Morgan fingerprint density at radius 1 is 1.44 bits per heavy atom. The van der Waals surface area contributed by atoms with Gasteiger partial charge in [0.2, 0.25) is 0 Å². The van der Waals surface area contributed by atoms with Crippen molar-refractivity contribution in [3.63, 3.8) is 0 Å². The van der Waals surface area contributed by atoms with Crippen LogP contribution in [0.2, 0.25) is 0 Å². The molecule has 0 unspecified atom stereocenters. The summed E-state index contributed by atoms with van der Waals surface area (Å²) in [6, 6.07) is 6.30. The Bertz CT molecular complexity index is 483. The van der Waals surface area contributed by atoms with Crippen molar-refractivity contribution in [1.82, 2.24) is 14.9 Å². The lowest BCUT2D eigenvalue weighted by atomic mass is 10.2. The van der Waals surface area contributed by atoms with E-state index in [2.05, 4.69) is 45.6 Å². The van der Waals surface area contributed by atoms with E-state index in [4.69, 9.17) is 0 Å². The molecule has 0 amide bonds. The smallest absolute Gasteiger partial charge is 0.182 e. The van der Waals surface area contributed by atoms with Gasteiger partial charge in [0.05, 0.1) is 11.4 Å². The third kappa shape index (κ3) is 3.05. The van der Waals surface area contributed by atoms with Gasteiger partial charge in [-0.05, 0) is 26.1 Å². The highest BCUT2D eigenvalue weighted by molar-refractivity contribution is 7.13. The van der Waals surface area contributed by atoms with Crippen molar-refractivity contribution >= 4 is 16.5 Å². The molecule has 0 spiro atoms. The maximum atomic E-state index is 4.49. The number of rotatable bonds is 5. The van der Waals surface area contributed by atoms with Crippen molar-refractivity contribution in [2.24, 2.45) is 0 Å². The summed E-state index contributed by atoms with van der Waals surface area (Å²) in [5, 5.41) is 6.11. The van der Waals surface area contributed by atoms with Gasteiger partial charge in [0.25, 0.3) is 0 Å². The summed E-state index contributed by atoms with van der Waals surface area (Å²) in [7, 11) is 3.99. The number of aromatic nitrogens is 2. The van der Waals surface area contributed by atoms with E-state index in [-0.39, 0.29) is 6.04 Å². The molecule has 2 aromatic rings. The molecule has 0 aromatic carbocycles. The van der Waals surface area contributed by atoms with Gasteiger partial charge < -0.3 is 5.32 Å². The molecule has 0 saturated carbocycles. The summed E-state index contributed by atoms with van der Waals surface area (Å²) in [5.74, 6) is 0. The molecule has 0 aliphatic heterocycles. The maximum Gasteiger partial charge on any atom is 0.182 e. The number of hydrogen-bond donors (Lipinski definition) is 1. The quantitative estimate of drug-likeness (QED) is 0.899. The molecule has 0 aliphatic rings. The van der Waals surface area contributed by atoms with Crippen LogP contribution in [0.3, 0.4) is 0 Å². The van der Waals surface area contributed by atoms with E-state index in [9.17, 15) is 0 Å². The second-order valence-corrected chi connectivity index (χ2v) is 5.10. The minimum atomic E-state index is 0.283. The first-order valence-corrected chi connectivity index (χ1v) is 6.82. The van der Waals surface area contributed by atoms with Gasteiger partial charge in [-0.25, -0.2) is 4.98 Å². The molecule has 0 saturated heterocycles. The number of anilines is 1. The molecular weight excluding hydrogens is 244 g/mol. The zero-order valence-corrected chi connectivity index (χ0v) is 11.7. The minimum absolute atomic E-state index is 0.283. The SMILES string of the molecule is CNc1nc(CN(C)[C@H](C)c2ccccn2)cs1. The summed E-state index contributed by atoms with van der Waals surface area (Å²) < 4.78 is 0.